The number of hydrogen-bond acceptors (Lipinski definition) is 4. The normalized spacial score (nSPS) is 16.5. The van der Waals surface area contributed by atoms with Crippen LogP contribution < -0.4 is 14.8 Å². The van der Waals surface area contributed by atoms with E-state index in [0.29, 0.717) is 36.6 Å². The predicted octanol–water partition coefficient (Wildman–Crippen LogP) is 4.89. The number of halogens is 1. The molecule has 2 aromatic rings. The molecule has 0 saturated carbocycles. The monoisotopic (exact) mass is 389 g/mol. The number of aryl methyl sites for hydroxylation is 1. The molecule has 1 aliphatic rings. The lowest BCUT2D eigenvalue weighted by molar-refractivity contribution is 0.110. The van der Waals surface area contributed by atoms with E-state index >= 15 is 0 Å². The van der Waals surface area contributed by atoms with Gasteiger partial charge in [-0.25, -0.2) is 0 Å². The summed E-state index contributed by atoms with van der Waals surface area (Å²) in [7, 11) is 0. The van der Waals surface area contributed by atoms with Crippen LogP contribution in [0.1, 0.15) is 36.5 Å². The first-order valence-corrected chi connectivity index (χ1v) is 9.99. The molecule has 1 saturated heterocycles. The van der Waals surface area contributed by atoms with Gasteiger partial charge in [0.2, 0.25) is 0 Å². The first-order chi connectivity index (χ1) is 13.2. The van der Waals surface area contributed by atoms with Crippen molar-refractivity contribution in [2.45, 2.75) is 45.9 Å². The second-order valence-electron chi connectivity index (χ2n) is 6.87. The van der Waals surface area contributed by atoms with Crippen molar-refractivity contribution in [1.29, 1.82) is 0 Å². The SMILES string of the molecule is CCOc1cc(CNCC2CCCO2)c(Cl)cc1OCc1cccc(C)c1. The Morgan fingerprint density at radius 1 is 1.19 bits per heavy atom. The van der Waals surface area contributed by atoms with Crippen molar-refractivity contribution in [2.75, 3.05) is 19.8 Å². The van der Waals surface area contributed by atoms with Gasteiger partial charge >= 0.3 is 0 Å². The van der Waals surface area contributed by atoms with Gasteiger partial charge in [-0.3, -0.25) is 0 Å². The molecule has 1 atom stereocenters. The highest BCUT2D eigenvalue weighted by atomic mass is 35.5. The van der Waals surface area contributed by atoms with Gasteiger partial charge in [-0.05, 0) is 43.9 Å². The van der Waals surface area contributed by atoms with Gasteiger partial charge in [0.25, 0.3) is 0 Å². The fraction of sp³-hybridized carbons (Fsp3) is 0.455. The fourth-order valence-corrected chi connectivity index (χ4v) is 3.45. The Morgan fingerprint density at radius 3 is 2.78 bits per heavy atom. The van der Waals surface area contributed by atoms with Crippen LogP contribution in [0.4, 0.5) is 0 Å². The molecule has 4 nitrogen and oxygen atoms in total. The largest absolute Gasteiger partial charge is 0.490 e. The van der Waals surface area contributed by atoms with E-state index in [0.717, 1.165) is 42.9 Å². The number of rotatable bonds is 9. The van der Waals surface area contributed by atoms with E-state index in [4.69, 9.17) is 25.8 Å². The van der Waals surface area contributed by atoms with E-state index in [9.17, 15) is 0 Å². The van der Waals surface area contributed by atoms with E-state index in [2.05, 4.69) is 30.4 Å². The van der Waals surface area contributed by atoms with Crippen LogP contribution in [-0.4, -0.2) is 25.9 Å². The molecule has 0 bridgehead atoms. The maximum absolute atomic E-state index is 6.50. The standard InChI is InChI=1S/C22H28ClNO3/c1-3-25-21-11-18(13-24-14-19-8-5-9-26-19)20(23)12-22(21)27-15-17-7-4-6-16(2)10-17/h4,6-7,10-12,19,24H,3,5,8-9,13-15H2,1-2H3. The van der Waals surface area contributed by atoms with E-state index in [-0.39, 0.29) is 0 Å². The molecule has 2 aromatic carbocycles. The Bertz CT molecular complexity index is 744. The number of benzene rings is 2. The molecule has 0 aromatic heterocycles. The third kappa shape index (κ3) is 5.86. The Hall–Kier alpha value is -1.75. The molecule has 1 fully saturated rings. The molecule has 27 heavy (non-hydrogen) atoms. The summed E-state index contributed by atoms with van der Waals surface area (Å²) in [6, 6.07) is 12.1. The average Bonchev–Trinajstić information content (AvgIpc) is 3.16. The van der Waals surface area contributed by atoms with Crippen LogP contribution in [0.2, 0.25) is 5.02 Å². The van der Waals surface area contributed by atoms with Crippen LogP contribution in [0, 0.1) is 6.92 Å². The van der Waals surface area contributed by atoms with Crippen molar-refractivity contribution < 1.29 is 14.2 Å². The predicted molar refractivity (Wildman–Crippen MR) is 109 cm³/mol. The molecule has 3 rings (SSSR count). The highest BCUT2D eigenvalue weighted by molar-refractivity contribution is 6.31. The summed E-state index contributed by atoms with van der Waals surface area (Å²) in [5.41, 5.74) is 3.34. The van der Waals surface area contributed by atoms with Gasteiger partial charge in [-0.2, -0.15) is 0 Å². The fourth-order valence-electron chi connectivity index (χ4n) is 3.23. The van der Waals surface area contributed by atoms with Gasteiger partial charge in [-0.15, -0.1) is 0 Å². The Balaban J connectivity index is 1.65. The minimum absolute atomic E-state index is 0.312. The molecule has 0 amide bonds. The summed E-state index contributed by atoms with van der Waals surface area (Å²) in [6.45, 7) is 7.48. The van der Waals surface area contributed by atoms with E-state index < -0.39 is 0 Å². The summed E-state index contributed by atoms with van der Waals surface area (Å²) < 4.78 is 17.4. The Kier molecular flexibility index (Phi) is 7.39. The number of ether oxygens (including phenoxy) is 3. The lowest BCUT2D eigenvalue weighted by atomic mass is 10.1. The van der Waals surface area contributed by atoms with Gasteiger partial charge < -0.3 is 19.5 Å². The first kappa shape index (κ1) is 20.0. The van der Waals surface area contributed by atoms with E-state index in [1.165, 1.54) is 5.56 Å². The first-order valence-electron chi connectivity index (χ1n) is 9.61. The second-order valence-corrected chi connectivity index (χ2v) is 7.27. The molecule has 0 radical (unpaired) electrons. The molecule has 1 N–H and O–H groups in total. The molecule has 0 aliphatic carbocycles. The van der Waals surface area contributed by atoms with Crippen molar-refractivity contribution in [3.8, 4) is 11.5 Å². The smallest absolute Gasteiger partial charge is 0.163 e. The molecule has 1 unspecified atom stereocenters. The van der Waals surface area contributed by atoms with Crippen LogP contribution in [-0.2, 0) is 17.9 Å². The van der Waals surface area contributed by atoms with Crippen molar-refractivity contribution in [1.82, 2.24) is 5.32 Å². The zero-order valence-corrected chi connectivity index (χ0v) is 16.8. The number of hydrogen-bond donors (Lipinski definition) is 1. The van der Waals surface area contributed by atoms with Crippen molar-refractivity contribution in [3.05, 3.63) is 58.1 Å². The van der Waals surface area contributed by atoms with Gasteiger partial charge in [-0.1, -0.05) is 41.4 Å². The highest BCUT2D eigenvalue weighted by Gasteiger charge is 2.16. The molecule has 1 heterocycles. The lowest BCUT2D eigenvalue weighted by Crippen LogP contribution is -2.25. The van der Waals surface area contributed by atoms with Crippen molar-refractivity contribution in [3.63, 3.8) is 0 Å². The van der Waals surface area contributed by atoms with Crippen LogP contribution >= 0.6 is 11.6 Å². The van der Waals surface area contributed by atoms with Gasteiger partial charge in [0.05, 0.1) is 12.7 Å². The maximum atomic E-state index is 6.50. The van der Waals surface area contributed by atoms with Crippen LogP contribution in [0.3, 0.4) is 0 Å². The van der Waals surface area contributed by atoms with Crippen molar-refractivity contribution >= 4 is 11.6 Å². The maximum Gasteiger partial charge on any atom is 0.163 e. The van der Waals surface area contributed by atoms with E-state index in [1.54, 1.807) is 0 Å². The zero-order chi connectivity index (χ0) is 19.1. The Labute approximate surface area is 166 Å². The highest BCUT2D eigenvalue weighted by Crippen LogP contribution is 2.34. The summed E-state index contributed by atoms with van der Waals surface area (Å²) in [4.78, 5) is 0. The van der Waals surface area contributed by atoms with Gasteiger partial charge in [0, 0.05) is 30.8 Å². The lowest BCUT2D eigenvalue weighted by Gasteiger charge is -2.16. The van der Waals surface area contributed by atoms with Crippen LogP contribution in [0.15, 0.2) is 36.4 Å². The quantitative estimate of drug-likeness (QED) is 0.662. The van der Waals surface area contributed by atoms with E-state index in [1.807, 2.05) is 25.1 Å². The third-order valence-corrected chi connectivity index (χ3v) is 4.95. The Morgan fingerprint density at radius 2 is 2.04 bits per heavy atom. The molecule has 146 valence electrons. The third-order valence-electron chi connectivity index (χ3n) is 4.60. The second kappa shape index (κ2) is 9.98. The molecular weight excluding hydrogens is 362 g/mol. The minimum atomic E-state index is 0.312. The van der Waals surface area contributed by atoms with Crippen LogP contribution in [0.5, 0.6) is 11.5 Å². The molecule has 5 heteroatoms. The topological polar surface area (TPSA) is 39.7 Å². The average molecular weight is 390 g/mol. The summed E-state index contributed by atoms with van der Waals surface area (Å²) in [6.07, 6.45) is 2.58. The zero-order valence-electron chi connectivity index (χ0n) is 16.1. The molecule has 0 spiro atoms. The van der Waals surface area contributed by atoms with Gasteiger partial charge in [0.1, 0.15) is 6.61 Å². The van der Waals surface area contributed by atoms with Crippen LogP contribution in [0.25, 0.3) is 0 Å². The molecule has 1 aliphatic heterocycles. The number of nitrogens with one attached hydrogen (secondary N) is 1. The molecular formula is C22H28ClNO3. The summed E-state index contributed by atoms with van der Waals surface area (Å²) >= 11 is 6.50. The summed E-state index contributed by atoms with van der Waals surface area (Å²) in [5, 5.41) is 4.11. The van der Waals surface area contributed by atoms with Crippen molar-refractivity contribution in [2.24, 2.45) is 0 Å². The minimum Gasteiger partial charge on any atom is -0.490 e. The van der Waals surface area contributed by atoms with Gasteiger partial charge in [0.15, 0.2) is 11.5 Å². The summed E-state index contributed by atoms with van der Waals surface area (Å²) in [5.74, 6) is 1.40.